The Hall–Kier alpha value is -2.08. The molecule has 1 heterocycles. The third kappa shape index (κ3) is 3.95. The second-order valence-electron chi connectivity index (χ2n) is 4.12. The van der Waals surface area contributed by atoms with E-state index in [9.17, 15) is 4.79 Å². The van der Waals surface area contributed by atoms with E-state index >= 15 is 0 Å². The molecule has 0 saturated carbocycles. The monoisotopic (exact) mass is 350 g/mol. The van der Waals surface area contributed by atoms with Gasteiger partial charge in [0.1, 0.15) is 11.6 Å². The van der Waals surface area contributed by atoms with Crippen molar-refractivity contribution in [3.8, 4) is 5.75 Å². The minimum absolute atomic E-state index is 0.341. The largest absolute Gasteiger partial charge is 0.495 e. The van der Waals surface area contributed by atoms with E-state index in [2.05, 4.69) is 26.2 Å². The Morgan fingerprint density at radius 1 is 1.33 bits per heavy atom. The Bertz CT molecular complexity index is 629. The van der Waals surface area contributed by atoms with Crippen molar-refractivity contribution < 1.29 is 14.3 Å². The second kappa shape index (κ2) is 7.08. The predicted molar refractivity (Wildman–Crippen MR) is 84.2 cm³/mol. The van der Waals surface area contributed by atoms with Crippen molar-refractivity contribution in [3.05, 3.63) is 46.6 Å². The van der Waals surface area contributed by atoms with Crippen molar-refractivity contribution in [2.45, 2.75) is 6.92 Å². The summed E-state index contributed by atoms with van der Waals surface area (Å²) in [7, 11) is 1.60. The van der Waals surface area contributed by atoms with E-state index in [1.807, 2.05) is 18.2 Å². The lowest BCUT2D eigenvalue weighted by Gasteiger charge is -2.11. The summed E-state index contributed by atoms with van der Waals surface area (Å²) in [6.45, 7) is 2.11. The van der Waals surface area contributed by atoms with E-state index in [0.29, 0.717) is 23.7 Å². The number of rotatable bonds is 5. The van der Waals surface area contributed by atoms with Gasteiger partial charge in [-0.2, -0.15) is 0 Å². The highest BCUT2D eigenvalue weighted by molar-refractivity contribution is 9.10. The summed E-state index contributed by atoms with van der Waals surface area (Å²) in [6.07, 6.45) is 1.48. The van der Waals surface area contributed by atoms with Crippen molar-refractivity contribution in [2.75, 3.05) is 19.0 Å². The number of hydrogen-bond acceptors (Lipinski definition) is 5. The van der Waals surface area contributed by atoms with E-state index in [4.69, 9.17) is 9.47 Å². The van der Waals surface area contributed by atoms with Gasteiger partial charge in [-0.25, -0.2) is 9.78 Å². The lowest BCUT2D eigenvalue weighted by atomic mass is 10.2. The maximum absolute atomic E-state index is 11.6. The van der Waals surface area contributed by atoms with E-state index in [-0.39, 0.29) is 5.97 Å². The number of benzene rings is 1. The van der Waals surface area contributed by atoms with Gasteiger partial charge in [-0.1, -0.05) is 15.9 Å². The number of methoxy groups -OCH3 is 1. The first kappa shape index (κ1) is 15.3. The van der Waals surface area contributed by atoms with Gasteiger partial charge in [0, 0.05) is 10.7 Å². The van der Waals surface area contributed by atoms with Gasteiger partial charge in [0.15, 0.2) is 0 Å². The number of halogens is 1. The lowest BCUT2D eigenvalue weighted by molar-refractivity contribution is 0.0526. The van der Waals surface area contributed by atoms with Crippen LogP contribution in [-0.2, 0) is 4.74 Å². The van der Waals surface area contributed by atoms with Crippen molar-refractivity contribution in [1.82, 2.24) is 4.98 Å². The van der Waals surface area contributed by atoms with Crippen LogP contribution in [0.4, 0.5) is 11.5 Å². The Kier molecular flexibility index (Phi) is 5.16. The predicted octanol–water partition coefficient (Wildman–Crippen LogP) is 3.77. The number of nitrogens with one attached hydrogen (secondary N) is 1. The molecule has 0 aliphatic carbocycles. The van der Waals surface area contributed by atoms with Gasteiger partial charge in [-0.05, 0) is 37.3 Å². The summed E-state index contributed by atoms with van der Waals surface area (Å²) < 4.78 is 11.1. The number of pyridine rings is 1. The molecule has 0 saturated heterocycles. The van der Waals surface area contributed by atoms with Gasteiger partial charge >= 0.3 is 5.97 Å². The minimum atomic E-state index is -0.378. The van der Waals surface area contributed by atoms with Gasteiger partial charge < -0.3 is 14.8 Å². The molecule has 1 N–H and O–H groups in total. The topological polar surface area (TPSA) is 60.5 Å². The van der Waals surface area contributed by atoms with Gasteiger partial charge in [0.2, 0.25) is 0 Å². The number of aromatic nitrogens is 1. The molecule has 2 rings (SSSR count). The molecule has 0 fully saturated rings. The molecule has 0 spiro atoms. The normalized spacial score (nSPS) is 10.0. The number of ether oxygens (including phenoxy) is 2. The summed E-state index contributed by atoms with van der Waals surface area (Å²) in [5.41, 5.74) is 1.20. The lowest BCUT2D eigenvalue weighted by Crippen LogP contribution is -2.05. The first-order chi connectivity index (χ1) is 10.1. The van der Waals surface area contributed by atoms with Crippen molar-refractivity contribution in [2.24, 2.45) is 0 Å². The molecule has 0 aliphatic rings. The molecular formula is C15H15BrN2O3. The quantitative estimate of drug-likeness (QED) is 0.831. The number of esters is 1. The van der Waals surface area contributed by atoms with Crippen LogP contribution in [0.3, 0.4) is 0 Å². The molecular weight excluding hydrogens is 336 g/mol. The van der Waals surface area contributed by atoms with Crippen LogP contribution in [0.5, 0.6) is 5.75 Å². The molecule has 0 atom stereocenters. The zero-order valence-electron chi connectivity index (χ0n) is 11.7. The summed E-state index contributed by atoms with van der Waals surface area (Å²) >= 11 is 3.41. The third-order valence-corrected chi connectivity index (χ3v) is 3.19. The average molecular weight is 351 g/mol. The van der Waals surface area contributed by atoms with Gasteiger partial charge in [-0.3, -0.25) is 0 Å². The molecule has 0 unspecified atom stereocenters. The molecule has 5 nitrogen and oxygen atoms in total. The number of hydrogen-bond donors (Lipinski definition) is 1. The maximum atomic E-state index is 11.6. The summed E-state index contributed by atoms with van der Waals surface area (Å²) in [5, 5.41) is 3.14. The van der Waals surface area contributed by atoms with E-state index < -0.39 is 0 Å². The number of nitrogens with zero attached hydrogens (tertiary/aromatic N) is 1. The van der Waals surface area contributed by atoms with Gasteiger partial charge in [0.05, 0.1) is 25.0 Å². The van der Waals surface area contributed by atoms with Crippen LogP contribution < -0.4 is 10.1 Å². The molecule has 21 heavy (non-hydrogen) atoms. The first-order valence-corrected chi connectivity index (χ1v) is 7.17. The SMILES string of the molecule is CCOC(=O)c1ccc(Nc2cc(Br)ccc2OC)nc1. The zero-order valence-corrected chi connectivity index (χ0v) is 13.3. The fraction of sp³-hybridized carbons (Fsp3) is 0.200. The van der Waals surface area contributed by atoms with Crippen molar-refractivity contribution in [1.29, 1.82) is 0 Å². The summed E-state index contributed by atoms with van der Waals surface area (Å²) in [6, 6.07) is 9.00. The zero-order chi connectivity index (χ0) is 15.2. The van der Waals surface area contributed by atoms with Crippen LogP contribution in [-0.4, -0.2) is 24.7 Å². The fourth-order valence-electron chi connectivity index (χ4n) is 1.72. The summed E-state index contributed by atoms with van der Waals surface area (Å²) in [5.74, 6) is 0.936. The Morgan fingerprint density at radius 3 is 2.76 bits per heavy atom. The van der Waals surface area contributed by atoms with Crippen LogP contribution >= 0.6 is 15.9 Å². The highest BCUT2D eigenvalue weighted by atomic mass is 79.9. The van der Waals surface area contributed by atoms with Gasteiger partial charge in [-0.15, -0.1) is 0 Å². The summed E-state index contributed by atoms with van der Waals surface area (Å²) in [4.78, 5) is 15.8. The molecule has 2 aromatic rings. The first-order valence-electron chi connectivity index (χ1n) is 6.37. The van der Waals surface area contributed by atoms with Crippen LogP contribution in [0.1, 0.15) is 17.3 Å². The van der Waals surface area contributed by atoms with Crippen LogP contribution in [0.2, 0.25) is 0 Å². The maximum Gasteiger partial charge on any atom is 0.339 e. The van der Waals surface area contributed by atoms with E-state index in [1.165, 1.54) is 6.20 Å². The van der Waals surface area contributed by atoms with Crippen molar-refractivity contribution >= 4 is 33.4 Å². The number of carbonyl (C=O) groups excluding carboxylic acids is 1. The van der Waals surface area contributed by atoms with E-state index in [0.717, 1.165) is 10.2 Å². The second-order valence-corrected chi connectivity index (χ2v) is 5.04. The molecule has 0 bridgehead atoms. The fourth-order valence-corrected chi connectivity index (χ4v) is 2.08. The van der Waals surface area contributed by atoms with Crippen molar-refractivity contribution in [3.63, 3.8) is 0 Å². The molecule has 1 aromatic carbocycles. The average Bonchev–Trinajstić information content (AvgIpc) is 2.48. The van der Waals surface area contributed by atoms with Crippen LogP contribution in [0.15, 0.2) is 41.0 Å². The van der Waals surface area contributed by atoms with Crippen LogP contribution in [0, 0.1) is 0 Å². The standard InChI is InChI=1S/C15H15BrN2O3/c1-3-21-15(19)10-4-7-14(17-9-10)18-12-8-11(16)5-6-13(12)20-2/h4-9H,3H2,1-2H3,(H,17,18). The Morgan fingerprint density at radius 2 is 2.14 bits per heavy atom. The Balaban J connectivity index is 2.17. The van der Waals surface area contributed by atoms with Gasteiger partial charge in [0.25, 0.3) is 0 Å². The highest BCUT2D eigenvalue weighted by Crippen LogP contribution is 2.30. The Labute approximate surface area is 131 Å². The highest BCUT2D eigenvalue weighted by Gasteiger charge is 2.08. The molecule has 0 radical (unpaired) electrons. The third-order valence-electron chi connectivity index (χ3n) is 2.70. The van der Waals surface area contributed by atoms with E-state index in [1.54, 1.807) is 26.2 Å². The molecule has 0 amide bonds. The van der Waals surface area contributed by atoms with Crippen LogP contribution in [0.25, 0.3) is 0 Å². The number of carbonyl (C=O) groups is 1. The number of anilines is 2. The molecule has 110 valence electrons. The smallest absolute Gasteiger partial charge is 0.339 e. The molecule has 0 aliphatic heterocycles. The molecule has 1 aromatic heterocycles. The minimum Gasteiger partial charge on any atom is -0.495 e. The molecule has 6 heteroatoms.